The Kier molecular flexibility index (Phi) is 6.80. The average molecular weight is 338 g/mol. The summed E-state index contributed by atoms with van der Waals surface area (Å²) in [7, 11) is 0. The van der Waals surface area contributed by atoms with E-state index in [-0.39, 0.29) is 11.7 Å². The van der Waals surface area contributed by atoms with Crippen LogP contribution in [-0.2, 0) is 11.2 Å². The minimum absolute atomic E-state index is 0.0514. The summed E-state index contributed by atoms with van der Waals surface area (Å²) in [6, 6.07) is 10.1. The topological polar surface area (TPSA) is 51.2 Å². The van der Waals surface area contributed by atoms with Crippen LogP contribution in [0.15, 0.2) is 53.7 Å². The zero-order valence-corrected chi connectivity index (χ0v) is 13.1. The molecule has 0 bridgehead atoms. The van der Waals surface area contributed by atoms with E-state index in [4.69, 9.17) is 0 Å². The van der Waals surface area contributed by atoms with Crippen LogP contribution in [0.25, 0.3) is 0 Å². The molecule has 1 heterocycles. The molecule has 2 aromatic rings. The van der Waals surface area contributed by atoms with Crippen molar-refractivity contribution in [3.63, 3.8) is 0 Å². The Bertz CT molecular complexity index is 609. The minimum Gasteiger partial charge on any atom is -0.435 e. The zero-order valence-electron chi connectivity index (χ0n) is 12.2. The highest BCUT2D eigenvalue weighted by molar-refractivity contribution is 8.00. The van der Waals surface area contributed by atoms with Crippen molar-refractivity contribution < 1.29 is 18.3 Å². The molecule has 0 saturated carbocycles. The fourth-order valence-corrected chi connectivity index (χ4v) is 2.53. The van der Waals surface area contributed by atoms with Gasteiger partial charge < -0.3 is 10.1 Å². The number of alkyl halides is 2. The molecule has 0 unspecified atom stereocenters. The van der Waals surface area contributed by atoms with Crippen LogP contribution in [0.5, 0.6) is 5.75 Å². The molecule has 1 aromatic carbocycles. The molecule has 1 N–H and O–H groups in total. The maximum atomic E-state index is 12.0. The smallest absolute Gasteiger partial charge is 0.387 e. The van der Waals surface area contributed by atoms with Crippen molar-refractivity contribution in [3.8, 4) is 5.75 Å². The molecular weight excluding hydrogens is 322 g/mol. The van der Waals surface area contributed by atoms with E-state index in [9.17, 15) is 13.6 Å². The maximum absolute atomic E-state index is 12.0. The van der Waals surface area contributed by atoms with E-state index in [0.717, 1.165) is 10.5 Å². The van der Waals surface area contributed by atoms with Gasteiger partial charge in [-0.3, -0.25) is 9.78 Å². The van der Waals surface area contributed by atoms with Crippen molar-refractivity contribution in [1.82, 2.24) is 10.3 Å². The SMILES string of the molecule is O=C(CSc1ccncc1)NCCc1ccc(OC(F)F)cc1. The largest absolute Gasteiger partial charge is 0.435 e. The van der Waals surface area contributed by atoms with Crippen LogP contribution < -0.4 is 10.1 Å². The second-order valence-electron chi connectivity index (χ2n) is 4.59. The van der Waals surface area contributed by atoms with Gasteiger partial charge in [-0.15, -0.1) is 11.8 Å². The van der Waals surface area contributed by atoms with Gasteiger partial charge in [0.1, 0.15) is 5.75 Å². The van der Waals surface area contributed by atoms with Gasteiger partial charge in [-0.05, 0) is 36.2 Å². The Morgan fingerprint density at radius 3 is 2.52 bits per heavy atom. The number of nitrogens with zero attached hydrogens (tertiary/aromatic N) is 1. The van der Waals surface area contributed by atoms with E-state index in [2.05, 4.69) is 15.0 Å². The summed E-state index contributed by atoms with van der Waals surface area (Å²) in [5, 5.41) is 2.82. The fraction of sp³-hybridized carbons (Fsp3) is 0.250. The molecule has 0 spiro atoms. The number of aromatic nitrogens is 1. The molecule has 0 aliphatic heterocycles. The van der Waals surface area contributed by atoms with Crippen molar-refractivity contribution in [2.75, 3.05) is 12.3 Å². The highest BCUT2D eigenvalue weighted by atomic mass is 32.2. The van der Waals surface area contributed by atoms with E-state index in [1.54, 1.807) is 24.5 Å². The number of nitrogens with one attached hydrogen (secondary N) is 1. The van der Waals surface area contributed by atoms with Crippen LogP contribution in [0.2, 0.25) is 0 Å². The van der Waals surface area contributed by atoms with Crippen molar-refractivity contribution in [2.45, 2.75) is 17.9 Å². The molecule has 7 heteroatoms. The quantitative estimate of drug-likeness (QED) is 0.752. The first kappa shape index (κ1) is 17.2. The molecule has 0 aliphatic carbocycles. The normalized spacial score (nSPS) is 10.6. The standard InChI is InChI=1S/C16H16F2N2O2S/c17-16(18)22-13-3-1-12(2-4-13)5-10-20-15(21)11-23-14-6-8-19-9-7-14/h1-4,6-9,16H,5,10-11H2,(H,20,21). The molecule has 122 valence electrons. The van der Waals surface area contributed by atoms with E-state index in [1.807, 2.05) is 12.1 Å². The van der Waals surface area contributed by atoms with E-state index >= 15 is 0 Å². The van der Waals surface area contributed by atoms with Crippen LogP contribution in [0.1, 0.15) is 5.56 Å². The lowest BCUT2D eigenvalue weighted by molar-refractivity contribution is -0.118. The maximum Gasteiger partial charge on any atom is 0.387 e. The number of hydrogen-bond acceptors (Lipinski definition) is 4. The van der Waals surface area contributed by atoms with Gasteiger partial charge in [0.15, 0.2) is 0 Å². The van der Waals surface area contributed by atoms with Crippen molar-refractivity contribution in [3.05, 3.63) is 54.4 Å². The summed E-state index contributed by atoms with van der Waals surface area (Å²) in [4.78, 5) is 16.6. The number of ether oxygens (including phenoxy) is 1. The van der Waals surface area contributed by atoms with Crippen LogP contribution in [-0.4, -0.2) is 29.8 Å². The van der Waals surface area contributed by atoms with Gasteiger partial charge in [-0.2, -0.15) is 8.78 Å². The first-order valence-corrected chi connectivity index (χ1v) is 7.95. The number of carbonyl (C=O) groups excluding carboxylic acids is 1. The van der Waals surface area contributed by atoms with E-state index < -0.39 is 6.61 Å². The molecule has 0 fully saturated rings. The lowest BCUT2D eigenvalue weighted by Crippen LogP contribution is -2.27. The lowest BCUT2D eigenvalue weighted by Gasteiger charge is -2.07. The van der Waals surface area contributed by atoms with Crippen LogP contribution >= 0.6 is 11.8 Å². The summed E-state index contributed by atoms with van der Waals surface area (Å²) in [6.45, 7) is -2.33. The monoisotopic (exact) mass is 338 g/mol. The number of pyridine rings is 1. The highest BCUT2D eigenvalue weighted by Gasteiger charge is 2.05. The van der Waals surface area contributed by atoms with Crippen LogP contribution in [0, 0.1) is 0 Å². The molecule has 0 atom stereocenters. The Morgan fingerprint density at radius 1 is 1.17 bits per heavy atom. The van der Waals surface area contributed by atoms with Gasteiger partial charge in [-0.1, -0.05) is 12.1 Å². The second-order valence-corrected chi connectivity index (χ2v) is 5.64. The summed E-state index contributed by atoms with van der Waals surface area (Å²) in [5.74, 6) is 0.413. The summed E-state index contributed by atoms with van der Waals surface area (Å²) in [6.07, 6.45) is 3.99. The van der Waals surface area contributed by atoms with Crippen LogP contribution in [0.4, 0.5) is 8.78 Å². The number of benzene rings is 1. The summed E-state index contributed by atoms with van der Waals surface area (Å²) < 4.78 is 28.3. The van der Waals surface area contributed by atoms with Crippen molar-refractivity contribution >= 4 is 17.7 Å². The Balaban J connectivity index is 1.67. The Labute approximate surface area is 137 Å². The minimum atomic E-state index is -2.82. The highest BCUT2D eigenvalue weighted by Crippen LogP contribution is 2.16. The molecule has 0 radical (unpaired) electrons. The van der Waals surface area contributed by atoms with Crippen LogP contribution in [0.3, 0.4) is 0 Å². The second kappa shape index (κ2) is 9.09. The summed E-state index contributed by atoms with van der Waals surface area (Å²) >= 11 is 1.44. The van der Waals surface area contributed by atoms with Crippen molar-refractivity contribution in [2.24, 2.45) is 0 Å². The predicted molar refractivity (Wildman–Crippen MR) is 84.7 cm³/mol. The van der Waals surface area contributed by atoms with Gasteiger partial charge in [0, 0.05) is 23.8 Å². The third-order valence-electron chi connectivity index (χ3n) is 2.90. The summed E-state index contributed by atoms with van der Waals surface area (Å²) in [5.41, 5.74) is 0.939. The number of rotatable bonds is 8. The molecule has 1 aromatic heterocycles. The molecule has 4 nitrogen and oxygen atoms in total. The van der Waals surface area contributed by atoms with Gasteiger partial charge in [-0.25, -0.2) is 0 Å². The third-order valence-corrected chi connectivity index (χ3v) is 3.92. The van der Waals surface area contributed by atoms with E-state index in [1.165, 1.54) is 23.9 Å². The Morgan fingerprint density at radius 2 is 1.87 bits per heavy atom. The lowest BCUT2D eigenvalue weighted by atomic mass is 10.1. The molecular formula is C16H16F2N2O2S. The molecule has 1 amide bonds. The first-order chi connectivity index (χ1) is 11.1. The predicted octanol–water partition coefficient (Wildman–Crippen LogP) is 3.13. The van der Waals surface area contributed by atoms with Gasteiger partial charge in [0.2, 0.25) is 5.91 Å². The number of thioether (sulfide) groups is 1. The third kappa shape index (κ3) is 6.65. The van der Waals surface area contributed by atoms with E-state index in [0.29, 0.717) is 18.7 Å². The molecule has 0 saturated heterocycles. The molecule has 23 heavy (non-hydrogen) atoms. The number of amides is 1. The Hall–Kier alpha value is -2.15. The number of hydrogen-bond donors (Lipinski definition) is 1. The zero-order chi connectivity index (χ0) is 16.5. The average Bonchev–Trinajstić information content (AvgIpc) is 2.55. The molecule has 2 rings (SSSR count). The molecule has 0 aliphatic rings. The van der Waals surface area contributed by atoms with Crippen molar-refractivity contribution in [1.29, 1.82) is 0 Å². The fourth-order valence-electron chi connectivity index (χ4n) is 1.82. The first-order valence-electron chi connectivity index (χ1n) is 6.97. The van der Waals surface area contributed by atoms with Gasteiger partial charge in [0.05, 0.1) is 5.75 Å². The number of halogens is 2. The number of carbonyl (C=O) groups is 1. The van der Waals surface area contributed by atoms with Gasteiger partial charge in [0.25, 0.3) is 0 Å². The van der Waals surface area contributed by atoms with Gasteiger partial charge >= 0.3 is 6.61 Å².